The number of aromatic nitrogens is 3. The lowest BCUT2D eigenvalue weighted by Gasteiger charge is -2.35. The number of piperidine rings is 1. The van der Waals surface area contributed by atoms with Crippen molar-refractivity contribution in [2.75, 3.05) is 13.1 Å². The van der Waals surface area contributed by atoms with Crippen molar-refractivity contribution in [3.63, 3.8) is 0 Å². The zero-order valence-electron chi connectivity index (χ0n) is 17.8. The molecule has 2 aliphatic rings. The van der Waals surface area contributed by atoms with Gasteiger partial charge in [-0.25, -0.2) is 13.9 Å². The highest BCUT2D eigenvalue weighted by atomic mass is 19.1. The zero-order valence-corrected chi connectivity index (χ0v) is 17.8. The summed E-state index contributed by atoms with van der Waals surface area (Å²) in [6, 6.07) is 7.27. The van der Waals surface area contributed by atoms with Crippen LogP contribution in [0.15, 0.2) is 35.1 Å². The lowest BCUT2D eigenvalue weighted by molar-refractivity contribution is -0.129. The van der Waals surface area contributed by atoms with Crippen LogP contribution in [0.2, 0.25) is 0 Å². The number of aromatic amines is 1. The third-order valence-corrected chi connectivity index (χ3v) is 6.42. The second-order valence-corrected chi connectivity index (χ2v) is 8.46. The minimum atomic E-state index is -0.448. The molecule has 2 aliphatic heterocycles. The van der Waals surface area contributed by atoms with Crippen molar-refractivity contribution >= 4 is 17.5 Å². The Balaban J connectivity index is 1.52. The predicted molar refractivity (Wildman–Crippen MR) is 115 cm³/mol. The van der Waals surface area contributed by atoms with Gasteiger partial charge in [0.1, 0.15) is 5.82 Å². The minimum Gasteiger partial charge on any atom is -0.338 e. The number of fused-ring (bicyclic) bond motifs is 2. The van der Waals surface area contributed by atoms with Crippen molar-refractivity contribution < 1.29 is 14.0 Å². The smallest absolute Gasteiger partial charge is 0.277 e. The number of likely N-dealkylation sites (tertiary alicyclic amines) is 1. The lowest BCUT2D eigenvalue weighted by atomic mass is 9.98. The number of hydrogen-bond donors (Lipinski definition) is 1. The molecule has 2 amide bonds. The summed E-state index contributed by atoms with van der Waals surface area (Å²) in [5.41, 5.74) is 2.56. The van der Waals surface area contributed by atoms with E-state index >= 15 is 0 Å². The van der Waals surface area contributed by atoms with E-state index in [1.807, 2.05) is 6.07 Å². The maximum Gasteiger partial charge on any atom is 0.277 e. The molecule has 1 aromatic carbocycles. The number of carbonyl (C=O) groups excluding carboxylic acids is 2. The molecular formula is C23H24FN5O3. The highest BCUT2D eigenvalue weighted by Crippen LogP contribution is 2.32. The summed E-state index contributed by atoms with van der Waals surface area (Å²) in [6.45, 7) is 2.85. The molecule has 2 aromatic heterocycles. The average Bonchev–Trinajstić information content (AvgIpc) is 3.23. The Hall–Kier alpha value is -3.49. The summed E-state index contributed by atoms with van der Waals surface area (Å²) in [4.78, 5) is 46.1. The summed E-state index contributed by atoms with van der Waals surface area (Å²) in [5, 5.41) is 3.15. The fraction of sp³-hybridized carbons (Fsp3) is 0.391. The molecule has 0 radical (unpaired) electrons. The zero-order chi connectivity index (χ0) is 22.4. The van der Waals surface area contributed by atoms with Crippen molar-refractivity contribution in [1.82, 2.24) is 24.4 Å². The Bertz CT molecular complexity index is 1280. The maximum atomic E-state index is 13.7. The van der Waals surface area contributed by atoms with Crippen LogP contribution in [-0.4, -0.2) is 49.3 Å². The van der Waals surface area contributed by atoms with Gasteiger partial charge in [-0.3, -0.25) is 19.5 Å². The van der Waals surface area contributed by atoms with Crippen LogP contribution in [0.1, 0.15) is 59.5 Å². The molecular weight excluding hydrogens is 413 g/mol. The maximum absolute atomic E-state index is 13.7. The van der Waals surface area contributed by atoms with Gasteiger partial charge in [0.05, 0.1) is 29.5 Å². The number of halogens is 1. The Kier molecular flexibility index (Phi) is 5.03. The second kappa shape index (κ2) is 7.89. The molecule has 32 heavy (non-hydrogen) atoms. The molecule has 1 atom stereocenters. The summed E-state index contributed by atoms with van der Waals surface area (Å²) < 4.78 is 15.1. The molecule has 3 aromatic rings. The molecule has 166 valence electrons. The largest absolute Gasteiger partial charge is 0.338 e. The van der Waals surface area contributed by atoms with Crippen molar-refractivity contribution in [3.05, 3.63) is 69.0 Å². The third kappa shape index (κ3) is 3.47. The molecule has 8 nitrogen and oxygen atoms in total. The van der Waals surface area contributed by atoms with Gasteiger partial charge in [-0.1, -0.05) is 6.07 Å². The first-order chi connectivity index (χ1) is 15.4. The molecule has 0 aliphatic carbocycles. The number of hydrogen-bond acceptors (Lipinski definition) is 4. The van der Waals surface area contributed by atoms with Crippen LogP contribution < -0.4 is 5.56 Å². The molecule has 5 rings (SSSR count). The topological polar surface area (TPSA) is 90.8 Å². The molecule has 0 bridgehead atoms. The van der Waals surface area contributed by atoms with E-state index in [-0.39, 0.29) is 30.0 Å². The first-order valence-electron chi connectivity index (χ1n) is 10.9. The van der Waals surface area contributed by atoms with Gasteiger partial charge in [-0.05, 0) is 37.5 Å². The summed E-state index contributed by atoms with van der Waals surface area (Å²) >= 11 is 0. The van der Waals surface area contributed by atoms with E-state index in [1.54, 1.807) is 15.9 Å². The van der Waals surface area contributed by atoms with Crippen LogP contribution in [0, 0.1) is 5.82 Å². The van der Waals surface area contributed by atoms with Crippen molar-refractivity contribution in [3.8, 4) is 0 Å². The monoisotopic (exact) mass is 437 g/mol. The fourth-order valence-electron chi connectivity index (χ4n) is 4.72. The van der Waals surface area contributed by atoms with E-state index in [0.717, 1.165) is 30.7 Å². The molecule has 0 spiro atoms. The average molecular weight is 437 g/mol. The van der Waals surface area contributed by atoms with E-state index in [1.165, 1.54) is 29.6 Å². The Morgan fingerprint density at radius 3 is 2.81 bits per heavy atom. The van der Waals surface area contributed by atoms with Gasteiger partial charge in [0.15, 0.2) is 5.65 Å². The number of nitrogens with zero attached hydrogens (tertiary/aromatic N) is 4. The van der Waals surface area contributed by atoms with Crippen LogP contribution >= 0.6 is 0 Å². The van der Waals surface area contributed by atoms with E-state index in [2.05, 4.69) is 10.1 Å². The number of nitrogens with one attached hydrogen (secondary N) is 1. The van der Waals surface area contributed by atoms with E-state index in [4.69, 9.17) is 0 Å². The summed E-state index contributed by atoms with van der Waals surface area (Å²) in [6.07, 6.45) is 3.08. The first-order valence-corrected chi connectivity index (χ1v) is 10.9. The molecule has 4 heterocycles. The normalized spacial score (nSPS) is 18.6. The van der Waals surface area contributed by atoms with Gasteiger partial charge in [0.2, 0.25) is 5.91 Å². The third-order valence-electron chi connectivity index (χ3n) is 6.42. The highest BCUT2D eigenvalue weighted by Gasteiger charge is 2.31. The van der Waals surface area contributed by atoms with Gasteiger partial charge >= 0.3 is 0 Å². The molecule has 1 unspecified atom stereocenters. The number of rotatable bonds is 2. The standard InChI is InChI=1S/C23H24FN5O3/c1-14(30)27-10-8-18-17(13-27)23(32)29-21(25-18)12-19(26-29)20-7-2-3-9-28(20)22(31)15-5-4-6-16(24)11-15/h4-6,11-12,20,26H,2-3,7-10,13H2,1H3. The number of benzene rings is 1. The predicted octanol–water partition coefficient (Wildman–Crippen LogP) is 2.43. The SMILES string of the molecule is CC(=O)N1CCc2nc3cc(C4CCCCN4C(=O)c4cccc(F)c4)[nH]n3c(=O)c2C1. The summed E-state index contributed by atoms with van der Waals surface area (Å²) in [5.74, 6) is -0.749. The molecule has 1 fully saturated rings. The van der Waals surface area contributed by atoms with Crippen LogP contribution in [0.25, 0.3) is 5.65 Å². The molecule has 1 saturated heterocycles. The van der Waals surface area contributed by atoms with Gasteiger partial charge in [-0.15, -0.1) is 0 Å². The highest BCUT2D eigenvalue weighted by molar-refractivity contribution is 5.94. The van der Waals surface area contributed by atoms with Crippen LogP contribution in [0.4, 0.5) is 4.39 Å². The van der Waals surface area contributed by atoms with Gasteiger partial charge < -0.3 is 9.80 Å². The van der Waals surface area contributed by atoms with Crippen LogP contribution in [-0.2, 0) is 17.8 Å². The molecule has 0 saturated carbocycles. The van der Waals surface area contributed by atoms with E-state index < -0.39 is 5.82 Å². The second-order valence-electron chi connectivity index (χ2n) is 8.46. The lowest BCUT2D eigenvalue weighted by Crippen LogP contribution is -2.39. The van der Waals surface area contributed by atoms with Gasteiger partial charge in [-0.2, -0.15) is 0 Å². The van der Waals surface area contributed by atoms with Gasteiger partial charge in [0.25, 0.3) is 11.5 Å². The number of carbonyl (C=O) groups is 2. The molecule has 1 N–H and O–H groups in total. The van der Waals surface area contributed by atoms with Crippen molar-refractivity contribution in [2.45, 2.75) is 45.2 Å². The van der Waals surface area contributed by atoms with Crippen LogP contribution in [0.3, 0.4) is 0 Å². The van der Waals surface area contributed by atoms with Crippen molar-refractivity contribution in [1.29, 1.82) is 0 Å². The minimum absolute atomic E-state index is 0.0685. The Morgan fingerprint density at radius 1 is 1.19 bits per heavy atom. The fourth-order valence-corrected chi connectivity index (χ4v) is 4.72. The Labute approximate surface area is 183 Å². The van der Waals surface area contributed by atoms with Crippen molar-refractivity contribution in [2.24, 2.45) is 0 Å². The number of H-pyrrole nitrogens is 1. The molecule has 9 heteroatoms. The van der Waals surface area contributed by atoms with E-state index in [9.17, 15) is 18.8 Å². The first kappa shape index (κ1) is 20.4. The van der Waals surface area contributed by atoms with Gasteiger partial charge in [0, 0.05) is 38.1 Å². The van der Waals surface area contributed by atoms with Crippen LogP contribution in [0.5, 0.6) is 0 Å². The number of amides is 2. The summed E-state index contributed by atoms with van der Waals surface area (Å²) in [7, 11) is 0. The quantitative estimate of drug-likeness (QED) is 0.667. The van der Waals surface area contributed by atoms with E-state index in [0.29, 0.717) is 36.3 Å². The Morgan fingerprint density at radius 2 is 2.03 bits per heavy atom.